The minimum absolute atomic E-state index is 0.0278. The fourth-order valence-corrected chi connectivity index (χ4v) is 5.79. The molecule has 2 amide bonds. The van der Waals surface area contributed by atoms with Gasteiger partial charge in [0.05, 0.1) is 39.6 Å². The van der Waals surface area contributed by atoms with Crippen LogP contribution in [-0.4, -0.2) is 62.3 Å². The Bertz CT molecular complexity index is 1170. The predicted molar refractivity (Wildman–Crippen MR) is 154 cm³/mol. The maximum Gasteiger partial charge on any atom is 0.318 e. The van der Waals surface area contributed by atoms with E-state index in [4.69, 9.17) is 18.9 Å². The zero-order valence-corrected chi connectivity index (χ0v) is 24.7. The quantitative estimate of drug-likeness (QED) is 0.302. The molecule has 0 saturated heterocycles. The summed E-state index contributed by atoms with van der Waals surface area (Å²) >= 11 is 0. The Morgan fingerprint density at radius 2 is 1.82 bits per heavy atom. The Kier molecular flexibility index (Phi) is 9.74. The van der Waals surface area contributed by atoms with Crippen molar-refractivity contribution in [3.8, 4) is 11.5 Å². The first-order valence-electron chi connectivity index (χ1n) is 14.3. The van der Waals surface area contributed by atoms with Crippen LogP contribution in [0.5, 0.6) is 11.5 Å². The van der Waals surface area contributed by atoms with E-state index in [2.05, 4.69) is 5.32 Å². The van der Waals surface area contributed by atoms with Crippen LogP contribution in [0, 0.1) is 6.92 Å². The minimum atomic E-state index is -0.917. The first-order chi connectivity index (χ1) is 19.2. The van der Waals surface area contributed by atoms with E-state index in [1.807, 2.05) is 57.2 Å². The molecule has 2 fully saturated rings. The molecule has 0 bridgehead atoms. The lowest BCUT2D eigenvalue weighted by Gasteiger charge is -2.47. The van der Waals surface area contributed by atoms with Gasteiger partial charge < -0.3 is 29.2 Å². The molecule has 218 valence electrons. The molecule has 2 aliphatic carbocycles. The van der Waals surface area contributed by atoms with Gasteiger partial charge in [0.1, 0.15) is 17.0 Å². The lowest BCUT2D eigenvalue weighted by Crippen LogP contribution is -2.66. The molecule has 0 aliphatic heterocycles. The second kappa shape index (κ2) is 13.0. The van der Waals surface area contributed by atoms with Crippen molar-refractivity contribution in [1.29, 1.82) is 0 Å². The van der Waals surface area contributed by atoms with Crippen LogP contribution in [0.1, 0.15) is 80.7 Å². The fourth-order valence-electron chi connectivity index (χ4n) is 5.79. The number of urea groups is 1. The molecule has 0 spiro atoms. The molecular weight excluding hydrogens is 508 g/mol. The van der Waals surface area contributed by atoms with Crippen molar-refractivity contribution in [1.82, 2.24) is 10.2 Å². The van der Waals surface area contributed by atoms with Crippen molar-refractivity contribution < 1.29 is 28.5 Å². The van der Waals surface area contributed by atoms with E-state index in [0.29, 0.717) is 45.1 Å². The van der Waals surface area contributed by atoms with Crippen molar-refractivity contribution in [3.05, 3.63) is 58.7 Å². The van der Waals surface area contributed by atoms with Gasteiger partial charge in [-0.2, -0.15) is 0 Å². The summed E-state index contributed by atoms with van der Waals surface area (Å²) in [5.74, 6) is 1.98. The number of methoxy groups -OCH3 is 2. The van der Waals surface area contributed by atoms with E-state index >= 15 is 0 Å². The first-order valence-corrected chi connectivity index (χ1v) is 14.3. The molecule has 2 aromatic carbocycles. The molecule has 4 rings (SSSR count). The Balaban J connectivity index is 1.58. The molecule has 0 aromatic heterocycles. The highest BCUT2D eigenvalue weighted by molar-refractivity contribution is 5.92. The number of hydrogen-bond donors (Lipinski definition) is 1. The summed E-state index contributed by atoms with van der Waals surface area (Å²) < 4.78 is 23.4. The average Bonchev–Trinajstić information content (AvgIpc) is 3.76. The summed E-state index contributed by atoms with van der Waals surface area (Å²) in [5.41, 5.74) is 3.18. The number of ketones is 1. The molecule has 2 aliphatic rings. The molecule has 2 aromatic rings. The molecule has 8 nitrogen and oxygen atoms in total. The number of rotatable bonds is 14. The highest BCUT2D eigenvalue weighted by Gasteiger charge is 2.50. The van der Waals surface area contributed by atoms with Crippen LogP contribution < -0.4 is 14.8 Å². The van der Waals surface area contributed by atoms with E-state index in [-0.39, 0.29) is 24.0 Å². The summed E-state index contributed by atoms with van der Waals surface area (Å²) in [6.07, 6.45) is 3.16. The molecule has 0 radical (unpaired) electrons. The number of amides is 2. The smallest absolute Gasteiger partial charge is 0.318 e. The molecule has 0 heterocycles. The van der Waals surface area contributed by atoms with Gasteiger partial charge in [0.2, 0.25) is 0 Å². The van der Waals surface area contributed by atoms with Gasteiger partial charge in [0, 0.05) is 31.6 Å². The number of hydrogen-bond acceptors (Lipinski definition) is 6. The monoisotopic (exact) mass is 552 g/mol. The van der Waals surface area contributed by atoms with Gasteiger partial charge in [-0.3, -0.25) is 4.79 Å². The van der Waals surface area contributed by atoms with Crippen molar-refractivity contribution in [2.24, 2.45) is 0 Å². The number of nitrogens with zero attached hydrogens (tertiary/aromatic N) is 1. The third-order valence-electron chi connectivity index (χ3n) is 8.32. The average molecular weight is 553 g/mol. The van der Waals surface area contributed by atoms with Crippen molar-refractivity contribution in [2.45, 2.75) is 83.6 Å². The van der Waals surface area contributed by atoms with Crippen LogP contribution >= 0.6 is 0 Å². The highest BCUT2D eigenvalue weighted by Crippen LogP contribution is 2.51. The minimum Gasteiger partial charge on any atom is -0.496 e. The largest absolute Gasteiger partial charge is 0.496 e. The Morgan fingerprint density at radius 3 is 2.40 bits per heavy atom. The maximum absolute atomic E-state index is 13.9. The van der Waals surface area contributed by atoms with Crippen molar-refractivity contribution in [3.63, 3.8) is 0 Å². The zero-order valence-electron chi connectivity index (χ0n) is 24.7. The lowest BCUT2D eigenvalue weighted by molar-refractivity contribution is -0.134. The second-order valence-corrected chi connectivity index (χ2v) is 11.0. The molecule has 2 saturated carbocycles. The van der Waals surface area contributed by atoms with Gasteiger partial charge in [-0.05, 0) is 69.2 Å². The van der Waals surface area contributed by atoms with E-state index in [1.165, 1.54) is 6.92 Å². The standard InChI is InChI=1S/C32H44N2O6/c1-7-40-26-18-32(19-26,23(4)35)33-31(36)34(15-16-39-20-24-11-9-8-10-12-24)22(3)27-17-28(37-5)29(25-13-14-25)30(38-6)21(27)2/h8-12,17,22,25-26H,7,13-16,18-20H2,1-6H3,(H,33,36). The van der Waals surface area contributed by atoms with Crippen molar-refractivity contribution >= 4 is 11.8 Å². The number of ether oxygens (including phenoxy) is 4. The van der Waals surface area contributed by atoms with E-state index in [1.54, 1.807) is 19.1 Å². The first kappa shape index (κ1) is 29.9. The van der Waals surface area contributed by atoms with E-state index in [0.717, 1.165) is 46.6 Å². The van der Waals surface area contributed by atoms with E-state index < -0.39 is 5.54 Å². The summed E-state index contributed by atoms with van der Waals surface area (Å²) in [7, 11) is 3.36. The maximum atomic E-state index is 13.9. The van der Waals surface area contributed by atoms with Gasteiger partial charge in [-0.1, -0.05) is 30.3 Å². The number of nitrogens with one attached hydrogen (secondary N) is 1. The van der Waals surface area contributed by atoms with Crippen LogP contribution in [0.3, 0.4) is 0 Å². The van der Waals surface area contributed by atoms with Crippen LogP contribution in [0.4, 0.5) is 4.79 Å². The third kappa shape index (κ3) is 6.44. The molecule has 1 N–H and O–H groups in total. The lowest BCUT2D eigenvalue weighted by atomic mass is 9.71. The van der Waals surface area contributed by atoms with Gasteiger partial charge in [-0.15, -0.1) is 0 Å². The normalized spacial score (nSPS) is 20.8. The number of carbonyl (C=O) groups is 2. The fraction of sp³-hybridized carbons (Fsp3) is 0.562. The predicted octanol–water partition coefficient (Wildman–Crippen LogP) is 5.71. The van der Waals surface area contributed by atoms with Gasteiger partial charge in [0.25, 0.3) is 0 Å². The SMILES string of the molecule is CCOC1CC(NC(=O)N(CCOCc2ccccc2)C(C)c2cc(OC)c(C3CC3)c(OC)c2C)(C(C)=O)C1. The summed E-state index contributed by atoms with van der Waals surface area (Å²) in [6.45, 7) is 9.22. The number of carbonyl (C=O) groups excluding carboxylic acids is 2. The summed E-state index contributed by atoms with van der Waals surface area (Å²) in [5, 5.41) is 3.08. The van der Waals surface area contributed by atoms with Crippen molar-refractivity contribution in [2.75, 3.05) is 34.0 Å². The van der Waals surface area contributed by atoms with Crippen LogP contribution in [0.15, 0.2) is 36.4 Å². The Labute approximate surface area is 238 Å². The molecule has 1 unspecified atom stereocenters. The van der Waals surface area contributed by atoms with Gasteiger partial charge in [0.15, 0.2) is 5.78 Å². The van der Waals surface area contributed by atoms with Gasteiger partial charge in [-0.25, -0.2) is 4.79 Å². The summed E-state index contributed by atoms with van der Waals surface area (Å²) in [6, 6.07) is 11.4. The second-order valence-electron chi connectivity index (χ2n) is 11.0. The molecule has 8 heteroatoms. The topological polar surface area (TPSA) is 86.3 Å². The summed E-state index contributed by atoms with van der Waals surface area (Å²) in [4.78, 5) is 28.4. The van der Waals surface area contributed by atoms with E-state index in [9.17, 15) is 9.59 Å². The highest BCUT2D eigenvalue weighted by atomic mass is 16.5. The van der Waals surface area contributed by atoms with Gasteiger partial charge >= 0.3 is 6.03 Å². The Hall–Kier alpha value is -3.10. The molecular formula is C32H44N2O6. The van der Waals surface area contributed by atoms with Crippen LogP contribution in [0.2, 0.25) is 0 Å². The van der Waals surface area contributed by atoms with Crippen LogP contribution in [0.25, 0.3) is 0 Å². The van der Waals surface area contributed by atoms with Crippen LogP contribution in [-0.2, 0) is 20.9 Å². The zero-order chi connectivity index (χ0) is 28.9. The third-order valence-corrected chi connectivity index (χ3v) is 8.32. The molecule has 1 atom stereocenters. The Morgan fingerprint density at radius 1 is 1.12 bits per heavy atom. The number of benzene rings is 2. The number of Topliss-reactive ketones (excluding diaryl/α,β-unsaturated/α-hetero) is 1. The molecule has 40 heavy (non-hydrogen) atoms.